The lowest BCUT2D eigenvalue weighted by Gasteiger charge is -2.29. The van der Waals surface area contributed by atoms with Gasteiger partial charge in [-0.25, -0.2) is 0 Å². The highest BCUT2D eigenvalue weighted by Gasteiger charge is 2.23. The summed E-state index contributed by atoms with van der Waals surface area (Å²) in [7, 11) is 1.27. The summed E-state index contributed by atoms with van der Waals surface area (Å²) in [6.07, 6.45) is 86.3. The maximum Gasteiger partial charge on any atom is 0.268 e. The molecule has 0 aromatic rings. The molecule has 0 aliphatic rings. The highest BCUT2D eigenvalue weighted by atomic mass is 31.2. The lowest BCUT2D eigenvalue weighted by molar-refractivity contribution is -0.870. The first-order valence-corrected chi connectivity index (χ1v) is 36.6. The van der Waals surface area contributed by atoms with Gasteiger partial charge in [-0.05, 0) is 57.8 Å². The molecule has 2 N–H and O–H groups in total. The van der Waals surface area contributed by atoms with E-state index in [1.165, 1.54) is 257 Å². The maximum atomic E-state index is 13.0. The summed E-state index contributed by atoms with van der Waals surface area (Å²) in [5, 5.41) is 14.0. The predicted molar refractivity (Wildman–Crippen MR) is 353 cm³/mol. The molecule has 3 atom stereocenters. The summed E-state index contributed by atoms with van der Waals surface area (Å²) in [4.78, 5) is 25.6. The molecular formula is C72H137N2O6P. The Bertz CT molecular complexity index is 1500. The van der Waals surface area contributed by atoms with Crippen molar-refractivity contribution in [1.29, 1.82) is 0 Å². The van der Waals surface area contributed by atoms with Gasteiger partial charge in [0.1, 0.15) is 13.2 Å². The summed E-state index contributed by atoms with van der Waals surface area (Å²) in [6, 6.07) is -0.890. The fraction of sp³-hybridized carbons (Fsp3) is 0.847. The molecule has 0 rings (SSSR count). The minimum absolute atomic E-state index is 0.000970. The van der Waals surface area contributed by atoms with Gasteiger partial charge in [-0.1, -0.05) is 338 Å². The molecule has 81 heavy (non-hydrogen) atoms. The molecule has 9 heteroatoms. The van der Waals surface area contributed by atoms with Crippen LogP contribution in [0.25, 0.3) is 0 Å². The summed E-state index contributed by atoms with van der Waals surface area (Å²) in [6.45, 7) is 4.59. The van der Waals surface area contributed by atoms with Crippen molar-refractivity contribution in [2.45, 2.75) is 353 Å². The molecule has 0 saturated heterocycles. The fourth-order valence-electron chi connectivity index (χ4n) is 10.6. The smallest absolute Gasteiger partial charge is 0.268 e. The van der Waals surface area contributed by atoms with Gasteiger partial charge in [0.25, 0.3) is 7.82 Å². The number of hydrogen-bond acceptors (Lipinski definition) is 6. The Hall–Kier alpha value is -1.80. The number of carbonyl (C=O) groups is 1. The maximum absolute atomic E-state index is 13.0. The summed E-state index contributed by atoms with van der Waals surface area (Å²) in [5.41, 5.74) is 0. The molecule has 0 bridgehead atoms. The number of aliphatic hydroxyl groups excluding tert-OH is 1. The second kappa shape index (κ2) is 62.7. The van der Waals surface area contributed by atoms with Gasteiger partial charge in [-0.3, -0.25) is 9.36 Å². The van der Waals surface area contributed by atoms with E-state index in [2.05, 4.69) is 67.8 Å². The predicted octanol–water partition coefficient (Wildman–Crippen LogP) is 21.8. The van der Waals surface area contributed by atoms with Crippen LogP contribution in [0.5, 0.6) is 0 Å². The quantitative estimate of drug-likeness (QED) is 0.0272. The molecule has 0 saturated carbocycles. The van der Waals surface area contributed by atoms with Crippen LogP contribution in [0.2, 0.25) is 0 Å². The van der Waals surface area contributed by atoms with Gasteiger partial charge in [0.2, 0.25) is 5.91 Å². The number of aliphatic hydroxyl groups is 1. The van der Waals surface area contributed by atoms with Crippen molar-refractivity contribution in [2.24, 2.45) is 0 Å². The fourth-order valence-corrected chi connectivity index (χ4v) is 11.3. The van der Waals surface area contributed by atoms with Crippen molar-refractivity contribution in [2.75, 3.05) is 40.9 Å². The normalized spacial score (nSPS) is 14.0. The Morgan fingerprint density at radius 2 is 0.753 bits per heavy atom. The topological polar surface area (TPSA) is 108 Å². The third-order valence-corrected chi connectivity index (χ3v) is 16.9. The molecule has 8 nitrogen and oxygen atoms in total. The Labute approximate surface area is 504 Å². The van der Waals surface area contributed by atoms with Gasteiger partial charge in [-0.15, -0.1) is 0 Å². The molecule has 0 aliphatic heterocycles. The number of phosphoric acid groups is 1. The molecule has 0 aliphatic carbocycles. The number of hydrogen-bond donors (Lipinski definition) is 2. The summed E-state index contributed by atoms with van der Waals surface area (Å²) >= 11 is 0. The van der Waals surface area contributed by atoms with Crippen LogP contribution in [0, 0.1) is 0 Å². The van der Waals surface area contributed by atoms with Crippen molar-refractivity contribution in [3.05, 3.63) is 60.8 Å². The van der Waals surface area contributed by atoms with Crippen LogP contribution < -0.4 is 10.2 Å². The molecule has 0 fully saturated rings. The largest absolute Gasteiger partial charge is 0.756 e. The number of amides is 1. The molecule has 3 unspecified atom stereocenters. The van der Waals surface area contributed by atoms with E-state index in [0.29, 0.717) is 17.4 Å². The number of unbranched alkanes of at least 4 members (excludes halogenated alkanes) is 44. The second-order valence-corrected chi connectivity index (χ2v) is 26.6. The van der Waals surface area contributed by atoms with E-state index in [0.717, 1.165) is 64.2 Å². The highest BCUT2D eigenvalue weighted by molar-refractivity contribution is 7.45. The molecule has 0 radical (unpaired) electrons. The zero-order valence-corrected chi connectivity index (χ0v) is 55.4. The minimum Gasteiger partial charge on any atom is -0.756 e. The van der Waals surface area contributed by atoms with E-state index in [1.54, 1.807) is 6.08 Å². The van der Waals surface area contributed by atoms with Gasteiger partial charge in [0, 0.05) is 6.42 Å². The second-order valence-electron chi connectivity index (χ2n) is 25.2. The Kier molecular flexibility index (Phi) is 61.3. The first-order valence-electron chi connectivity index (χ1n) is 35.2. The molecule has 0 aromatic carbocycles. The van der Waals surface area contributed by atoms with Crippen molar-refractivity contribution in [1.82, 2.24) is 5.32 Å². The van der Waals surface area contributed by atoms with E-state index >= 15 is 0 Å². The van der Waals surface area contributed by atoms with Crippen molar-refractivity contribution >= 4 is 13.7 Å². The highest BCUT2D eigenvalue weighted by Crippen LogP contribution is 2.38. The Morgan fingerprint density at radius 3 is 1.10 bits per heavy atom. The first-order chi connectivity index (χ1) is 39.5. The number of carbonyl (C=O) groups excluding carboxylic acids is 1. The van der Waals surface area contributed by atoms with Crippen LogP contribution >= 0.6 is 7.82 Å². The standard InChI is InChI=1S/C72H137N2O6P/c1-6-8-10-12-14-16-18-20-22-24-26-28-30-32-34-36-38-39-41-43-45-47-49-51-53-55-57-59-61-63-65-71(75)70(69-80-81(77,78)79-68-67-74(3,4)5)73-72(76)66-64-62-60-58-56-54-52-50-48-46-44-42-40-37-35-33-31-29-27-25-23-21-19-17-15-13-11-9-7-2/h9,11,15,17,21,23,27,29,63,65,70-71,75H,6-8,10,12-14,16,18-20,22,24-26,28,30-62,64,66-69H2,1-5H3,(H-,73,76,77,78)/b11-9-,17-15-,23-21-,29-27-,65-63+. The molecule has 0 spiro atoms. The summed E-state index contributed by atoms with van der Waals surface area (Å²) in [5.74, 6) is -0.193. The third kappa shape index (κ3) is 65.6. The lowest BCUT2D eigenvalue weighted by Crippen LogP contribution is -2.45. The van der Waals surface area contributed by atoms with Crippen LogP contribution in [0.4, 0.5) is 0 Å². The zero-order valence-electron chi connectivity index (χ0n) is 54.5. The van der Waals surface area contributed by atoms with Crippen LogP contribution in [0.3, 0.4) is 0 Å². The van der Waals surface area contributed by atoms with Crippen LogP contribution in [-0.4, -0.2) is 68.5 Å². The number of nitrogens with one attached hydrogen (secondary N) is 1. The monoisotopic (exact) mass is 1160 g/mol. The SMILES string of the molecule is CC/C=C\C/C=C\C/C=C\C/C=C\CCCCCCCCCCCCCCCCCCC(=O)NC(COP(=O)([O-])OCC[N+](C)(C)C)C(O)/C=C/CCCCCCCCCCCCCCCCCCCCCCCCCCCCCC. The van der Waals surface area contributed by atoms with E-state index < -0.39 is 20.0 Å². The van der Waals surface area contributed by atoms with E-state index in [4.69, 9.17) is 9.05 Å². The average Bonchev–Trinajstić information content (AvgIpc) is 3.43. The molecule has 476 valence electrons. The zero-order chi connectivity index (χ0) is 59.1. The summed E-state index contributed by atoms with van der Waals surface area (Å²) < 4.78 is 23.5. The molecular weight excluding hydrogens is 1020 g/mol. The molecule has 0 aromatic heterocycles. The van der Waals surface area contributed by atoms with Gasteiger partial charge in [-0.2, -0.15) is 0 Å². The molecule has 0 heterocycles. The lowest BCUT2D eigenvalue weighted by atomic mass is 10.0. The van der Waals surface area contributed by atoms with Gasteiger partial charge in [0.15, 0.2) is 0 Å². The van der Waals surface area contributed by atoms with Gasteiger partial charge < -0.3 is 28.8 Å². The Balaban J connectivity index is 4.06. The Morgan fingerprint density at radius 1 is 0.444 bits per heavy atom. The number of quaternary nitrogens is 1. The number of likely N-dealkylation sites (N-methyl/N-ethyl adjacent to an activating group) is 1. The van der Waals surface area contributed by atoms with Crippen LogP contribution in [0.15, 0.2) is 60.8 Å². The van der Waals surface area contributed by atoms with Gasteiger partial charge in [0.05, 0.1) is 39.9 Å². The van der Waals surface area contributed by atoms with E-state index in [-0.39, 0.29) is 19.1 Å². The number of phosphoric ester groups is 1. The van der Waals surface area contributed by atoms with Crippen molar-refractivity contribution in [3.8, 4) is 0 Å². The number of rotatable bonds is 65. The minimum atomic E-state index is -4.61. The van der Waals surface area contributed by atoms with Crippen molar-refractivity contribution < 1.29 is 32.9 Å². The van der Waals surface area contributed by atoms with Crippen LogP contribution in [0.1, 0.15) is 341 Å². The number of allylic oxidation sites excluding steroid dienone is 9. The van der Waals surface area contributed by atoms with Gasteiger partial charge >= 0.3 is 0 Å². The molecule has 1 amide bonds. The van der Waals surface area contributed by atoms with Crippen molar-refractivity contribution in [3.63, 3.8) is 0 Å². The first kappa shape index (κ1) is 79.2. The third-order valence-electron chi connectivity index (χ3n) is 16.0. The number of nitrogens with zero attached hydrogens (tertiary/aromatic N) is 1. The van der Waals surface area contributed by atoms with E-state index in [1.807, 2.05) is 27.2 Å². The average molecular weight is 1160 g/mol. The van der Waals surface area contributed by atoms with E-state index in [9.17, 15) is 19.4 Å². The van der Waals surface area contributed by atoms with Crippen LogP contribution in [-0.2, 0) is 18.4 Å².